The minimum Gasteiger partial charge on any atom is -0.508 e. The zero-order valence-electron chi connectivity index (χ0n) is 17.2. The number of carbonyl (C=O) groups excluding carboxylic acids is 1. The minimum absolute atomic E-state index is 0.117. The number of phenols is 1. The second-order valence-corrected chi connectivity index (χ2v) is 6.37. The van der Waals surface area contributed by atoms with E-state index in [2.05, 4.69) is 6.92 Å². The Morgan fingerprint density at radius 3 is 1.94 bits per heavy atom. The molecule has 0 aliphatic carbocycles. The van der Waals surface area contributed by atoms with Gasteiger partial charge in [-0.25, -0.2) is 0 Å². The lowest BCUT2D eigenvalue weighted by atomic mass is 10.1. The highest BCUT2D eigenvalue weighted by molar-refractivity contribution is 6.04. The van der Waals surface area contributed by atoms with E-state index in [0.717, 1.165) is 23.3 Å². The van der Waals surface area contributed by atoms with E-state index in [9.17, 15) is 19.5 Å². The Bertz CT molecular complexity index is 915. The van der Waals surface area contributed by atoms with Crippen molar-refractivity contribution in [3.05, 3.63) is 71.8 Å². The molecule has 2 aromatic rings. The number of ketones is 1. The lowest BCUT2D eigenvalue weighted by Gasteiger charge is -2.04. The number of benzene rings is 2. The molecule has 0 radical (unpaired) electrons. The first kappa shape index (κ1) is 25.2. The predicted molar refractivity (Wildman–Crippen MR) is 118 cm³/mol. The van der Waals surface area contributed by atoms with E-state index in [1.807, 2.05) is 30.3 Å². The van der Waals surface area contributed by atoms with Crippen LogP contribution in [0.5, 0.6) is 11.5 Å². The molecule has 0 fully saturated rings. The second-order valence-electron chi connectivity index (χ2n) is 6.37. The van der Waals surface area contributed by atoms with Crippen molar-refractivity contribution in [1.82, 2.24) is 0 Å². The summed E-state index contributed by atoms with van der Waals surface area (Å²) in [5.74, 6) is -1.29. The van der Waals surface area contributed by atoms with Gasteiger partial charge in [-0.3, -0.25) is 14.4 Å². The number of carboxylic acid groups (broad SMARTS) is 2. The van der Waals surface area contributed by atoms with Crippen molar-refractivity contribution < 1.29 is 34.4 Å². The molecule has 0 aliphatic rings. The summed E-state index contributed by atoms with van der Waals surface area (Å²) in [5, 5.41) is 25.2. The van der Waals surface area contributed by atoms with Gasteiger partial charge in [0.1, 0.15) is 11.5 Å². The maximum absolute atomic E-state index is 11.9. The highest BCUT2D eigenvalue weighted by Gasteiger charge is 2.00. The molecule has 7 nitrogen and oxygen atoms in total. The summed E-state index contributed by atoms with van der Waals surface area (Å²) < 4.78 is 5.56. The Labute approximate surface area is 180 Å². The third kappa shape index (κ3) is 12.3. The summed E-state index contributed by atoms with van der Waals surface area (Å²) in [6.07, 6.45) is 6.78. The maximum atomic E-state index is 11.9. The minimum atomic E-state index is -1.08. The van der Waals surface area contributed by atoms with Gasteiger partial charge < -0.3 is 20.1 Å². The van der Waals surface area contributed by atoms with Gasteiger partial charge >= 0.3 is 11.9 Å². The Morgan fingerprint density at radius 1 is 0.871 bits per heavy atom. The summed E-state index contributed by atoms with van der Waals surface area (Å²) in [5.41, 5.74) is 1.69. The number of hydrogen-bond donors (Lipinski definition) is 3. The normalized spacial score (nSPS) is 10.5. The molecule has 3 N–H and O–H groups in total. The van der Waals surface area contributed by atoms with Crippen molar-refractivity contribution >= 4 is 29.9 Å². The number of rotatable bonds is 10. The largest absolute Gasteiger partial charge is 0.508 e. The molecular weight excluding hydrogens is 400 g/mol. The van der Waals surface area contributed by atoms with Crippen molar-refractivity contribution in [2.45, 2.75) is 26.2 Å². The SMILES string of the molecule is CCCOc1cccc(/C=C/C(=O)/C=C/c2cccc(O)c2)c1.O=C(O)CCC(=O)O. The van der Waals surface area contributed by atoms with E-state index < -0.39 is 11.9 Å². The molecule has 31 heavy (non-hydrogen) atoms. The Hall–Kier alpha value is -3.87. The van der Waals surface area contributed by atoms with Crippen LogP contribution in [-0.4, -0.2) is 39.6 Å². The van der Waals surface area contributed by atoms with E-state index >= 15 is 0 Å². The molecule has 0 amide bonds. The van der Waals surface area contributed by atoms with E-state index in [1.165, 1.54) is 12.2 Å². The first-order valence-corrected chi connectivity index (χ1v) is 9.65. The third-order valence-electron chi connectivity index (χ3n) is 3.63. The Balaban J connectivity index is 0.000000512. The van der Waals surface area contributed by atoms with E-state index in [-0.39, 0.29) is 24.4 Å². The zero-order chi connectivity index (χ0) is 23.1. The fourth-order valence-corrected chi connectivity index (χ4v) is 2.18. The van der Waals surface area contributed by atoms with Gasteiger partial charge in [0.25, 0.3) is 0 Å². The van der Waals surface area contributed by atoms with Crippen LogP contribution in [0.3, 0.4) is 0 Å². The first-order chi connectivity index (χ1) is 14.8. The molecule has 0 saturated heterocycles. The molecule has 0 spiro atoms. The lowest BCUT2D eigenvalue weighted by molar-refractivity contribution is -0.143. The van der Waals surface area contributed by atoms with Crippen LogP contribution in [0.15, 0.2) is 60.7 Å². The molecular formula is C24H26O7. The number of aromatic hydroxyl groups is 1. The number of phenolic OH excluding ortho intramolecular Hbond substituents is 1. The summed E-state index contributed by atoms with van der Waals surface area (Å²) in [4.78, 5) is 31.1. The van der Waals surface area contributed by atoms with Crippen LogP contribution in [0, 0.1) is 0 Å². The van der Waals surface area contributed by atoms with Crippen LogP contribution in [0.1, 0.15) is 37.3 Å². The van der Waals surface area contributed by atoms with E-state index in [1.54, 1.807) is 30.4 Å². The molecule has 0 aromatic heterocycles. The fourth-order valence-electron chi connectivity index (χ4n) is 2.18. The molecule has 0 heterocycles. The highest BCUT2D eigenvalue weighted by atomic mass is 16.5. The van der Waals surface area contributed by atoms with Gasteiger partial charge in [0.2, 0.25) is 0 Å². The van der Waals surface area contributed by atoms with Gasteiger partial charge in [-0.15, -0.1) is 0 Å². The van der Waals surface area contributed by atoms with Gasteiger partial charge in [-0.1, -0.05) is 43.3 Å². The quantitative estimate of drug-likeness (QED) is 0.481. The summed E-state index contributed by atoms with van der Waals surface area (Å²) in [7, 11) is 0. The summed E-state index contributed by atoms with van der Waals surface area (Å²) in [6.45, 7) is 2.74. The van der Waals surface area contributed by atoms with Gasteiger partial charge in [-0.05, 0) is 54.0 Å². The predicted octanol–water partition coefficient (Wildman–Crippen LogP) is 4.41. The first-order valence-electron chi connectivity index (χ1n) is 9.65. The van der Waals surface area contributed by atoms with Crippen LogP contribution in [0.4, 0.5) is 0 Å². The number of ether oxygens (including phenoxy) is 1. The van der Waals surface area contributed by atoms with Crippen LogP contribution in [0.25, 0.3) is 12.2 Å². The monoisotopic (exact) mass is 426 g/mol. The molecule has 7 heteroatoms. The molecule has 0 atom stereocenters. The topological polar surface area (TPSA) is 121 Å². The average Bonchev–Trinajstić information content (AvgIpc) is 2.74. The van der Waals surface area contributed by atoms with Crippen molar-refractivity contribution in [3.8, 4) is 11.5 Å². The van der Waals surface area contributed by atoms with Gasteiger partial charge in [0.05, 0.1) is 19.4 Å². The van der Waals surface area contributed by atoms with Crippen molar-refractivity contribution in [3.63, 3.8) is 0 Å². The van der Waals surface area contributed by atoms with Gasteiger partial charge in [-0.2, -0.15) is 0 Å². The van der Waals surface area contributed by atoms with E-state index in [0.29, 0.717) is 6.61 Å². The summed E-state index contributed by atoms with van der Waals surface area (Å²) in [6, 6.07) is 14.4. The maximum Gasteiger partial charge on any atom is 0.303 e. The number of allylic oxidation sites excluding steroid dienone is 2. The molecule has 0 saturated carbocycles. The van der Waals surface area contributed by atoms with Crippen LogP contribution in [0.2, 0.25) is 0 Å². The van der Waals surface area contributed by atoms with Crippen LogP contribution in [-0.2, 0) is 14.4 Å². The van der Waals surface area contributed by atoms with Crippen LogP contribution >= 0.6 is 0 Å². The molecule has 2 aromatic carbocycles. The summed E-state index contributed by atoms with van der Waals surface area (Å²) >= 11 is 0. The molecule has 164 valence electrons. The molecule has 0 unspecified atom stereocenters. The number of aliphatic carboxylic acids is 2. The average molecular weight is 426 g/mol. The Morgan fingerprint density at radius 2 is 1.42 bits per heavy atom. The zero-order valence-corrected chi connectivity index (χ0v) is 17.2. The molecule has 0 aliphatic heterocycles. The van der Waals surface area contributed by atoms with Crippen molar-refractivity contribution in [2.24, 2.45) is 0 Å². The smallest absolute Gasteiger partial charge is 0.303 e. The van der Waals surface area contributed by atoms with Gasteiger partial charge in [0, 0.05) is 0 Å². The number of carboxylic acids is 2. The molecule has 0 bridgehead atoms. The number of carbonyl (C=O) groups is 3. The van der Waals surface area contributed by atoms with Crippen LogP contribution < -0.4 is 4.74 Å². The standard InChI is InChI=1S/C20H20O3.C4H6O4/c1-2-13-23-20-8-4-6-17(15-20)10-12-18(21)11-9-16-5-3-7-19(22)14-16;5-3(6)1-2-4(7)8/h3-12,14-15,22H,2,13H2,1H3;1-2H2,(H,5,6)(H,7,8)/b11-9+,12-10+;. The highest BCUT2D eigenvalue weighted by Crippen LogP contribution is 2.15. The number of hydrogen-bond acceptors (Lipinski definition) is 5. The lowest BCUT2D eigenvalue weighted by Crippen LogP contribution is -2.00. The molecule has 2 rings (SSSR count). The van der Waals surface area contributed by atoms with Crippen molar-refractivity contribution in [1.29, 1.82) is 0 Å². The second kappa shape index (κ2) is 14.2. The fraction of sp³-hybridized carbons (Fsp3) is 0.208. The third-order valence-corrected chi connectivity index (χ3v) is 3.63. The van der Waals surface area contributed by atoms with Crippen molar-refractivity contribution in [2.75, 3.05) is 6.61 Å². The Kier molecular flexibility index (Phi) is 11.5. The van der Waals surface area contributed by atoms with Gasteiger partial charge in [0.15, 0.2) is 5.78 Å². The van der Waals surface area contributed by atoms with E-state index in [4.69, 9.17) is 14.9 Å².